The predicted molar refractivity (Wildman–Crippen MR) is 92.0 cm³/mol. The molecule has 2 fully saturated rings. The summed E-state index contributed by atoms with van der Waals surface area (Å²) in [6.07, 6.45) is 7.44. The minimum Gasteiger partial charge on any atom is -0.369 e. The molecule has 1 heterocycles. The lowest BCUT2D eigenvalue weighted by Gasteiger charge is -2.33. The van der Waals surface area contributed by atoms with Crippen molar-refractivity contribution in [1.29, 1.82) is 0 Å². The van der Waals surface area contributed by atoms with Gasteiger partial charge >= 0.3 is 0 Å². The van der Waals surface area contributed by atoms with E-state index in [4.69, 9.17) is 5.73 Å². The molecule has 1 saturated carbocycles. The molecule has 0 aromatic carbocycles. The van der Waals surface area contributed by atoms with Gasteiger partial charge in [-0.15, -0.1) is 0 Å². The number of amides is 3. The van der Waals surface area contributed by atoms with Gasteiger partial charge in [0.05, 0.1) is 19.0 Å². The average molecular weight is 350 g/mol. The molecule has 0 unspecified atom stereocenters. The van der Waals surface area contributed by atoms with Gasteiger partial charge in [-0.3, -0.25) is 19.2 Å². The molecule has 3 amide bonds. The first kappa shape index (κ1) is 19.4. The van der Waals surface area contributed by atoms with Gasteiger partial charge in [0, 0.05) is 18.4 Å². The molecular weight excluding hydrogens is 322 g/mol. The molecule has 3 N–H and O–H groups in total. The molecule has 0 bridgehead atoms. The fourth-order valence-electron chi connectivity index (χ4n) is 3.45. The SMILES string of the molecule is C[C@@H](C[CH]C(=O)N[C@H]1CCC(=O)N(C2CCCCC2)CC1=O)C(N)=O. The lowest BCUT2D eigenvalue weighted by molar-refractivity contribution is -0.136. The fraction of sp³-hybridized carbons (Fsp3) is 0.722. The largest absolute Gasteiger partial charge is 0.369 e. The second-order valence-corrected chi connectivity index (χ2v) is 7.12. The molecule has 1 radical (unpaired) electrons. The minimum absolute atomic E-state index is 0.00308. The summed E-state index contributed by atoms with van der Waals surface area (Å²) in [6.45, 7) is 1.72. The molecule has 1 saturated heterocycles. The van der Waals surface area contributed by atoms with E-state index in [1.165, 1.54) is 12.8 Å². The van der Waals surface area contributed by atoms with Gasteiger partial charge in [-0.1, -0.05) is 26.2 Å². The van der Waals surface area contributed by atoms with E-state index in [1.807, 2.05) is 0 Å². The topological polar surface area (TPSA) is 110 Å². The number of rotatable bonds is 6. The smallest absolute Gasteiger partial charge is 0.224 e. The van der Waals surface area contributed by atoms with Crippen molar-refractivity contribution in [2.75, 3.05) is 6.54 Å². The van der Waals surface area contributed by atoms with Crippen LogP contribution in [0.25, 0.3) is 0 Å². The summed E-state index contributed by atoms with van der Waals surface area (Å²) in [5.41, 5.74) is 5.16. The Morgan fingerprint density at radius 2 is 1.92 bits per heavy atom. The maximum absolute atomic E-state index is 12.5. The molecule has 2 atom stereocenters. The third kappa shape index (κ3) is 5.54. The van der Waals surface area contributed by atoms with Crippen LogP contribution in [0.3, 0.4) is 0 Å². The Hall–Kier alpha value is -1.92. The fourth-order valence-corrected chi connectivity index (χ4v) is 3.45. The molecule has 2 rings (SSSR count). The summed E-state index contributed by atoms with van der Waals surface area (Å²) < 4.78 is 0. The molecular formula is C18H28N3O4. The van der Waals surface area contributed by atoms with Crippen molar-refractivity contribution in [3.8, 4) is 0 Å². The van der Waals surface area contributed by atoms with Crippen LogP contribution in [0.2, 0.25) is 0 Å². The molecule has 139 valence electrons. The van der Waals surface area contributed by atoms with Gasteiger partial charge in [-0.25, -0.2) is 0 Å². The van der Waals surface area contributed by atoms with E-state index >= 15 is 0 Å². The number of primary amides is 1. The molecule has 0 spiro atoms. The van der Waals surface area contributed by atoms with E-state index < -0.39 is 23.8 Å². The van der Waals surface area contributed by atoms with Gasteiger partial charge in [-0.2, -0.15) is 0 Å². The summed E-state index contributed by atoms with van der Waals surface area (Å²) in [5, 5.41) is 2.67. The number of ketones is 1. The zero-order chi connectivity index (χ0) is 18.4. The van der Waals surface area contributed by atoms with Crippen LogP contribution in [0.15, 0.2) is 0 Å². The highest BCUT2D eigenvalue weighted by Gasteiger charge is 2.34. The predicted octanol–water partition coefficient (Wildman–Crippen LogP) is 0.711. The molecule has 25 heavy (non-hydrogen) atoms. The average Bonchev–Trinajstić information content (AvgIpc) is 2.73. The van der Waals surface area contributed by atoms with Crippen LogP contribution in [0.1, 0.15) is 58.3 Å². The van der Waals surface area contributed by atoms with Crippen molar-refractivity contribution >= 4 is 23.5 Å². The van der Waals surface area contributed by atoms with E-state index in [2.05, 4.69) is 5.32 Å². The van der Waals surface area contributed by atoms with Crippen molar-refractivity contribution in [2.45, 2.75) is 70.4 Å². The van der Waals surface area contributed by atoms with Crippen LogP contribution >= 0.6 is 0 Å². The lowest BCUT2D eigenvalue weighted by atomic mass is 9.94. The van der Waals surface area contributed by atoms with Crippen LogP contribution < -0.4 is 11.1 Å². The highest BCUT2D eigenvalue weighted by molar-refractivity contribution is 5.96. The quantitative estimate of drug-likeness (QED) is 0.735. The molecule has 0 aromatic heterocycles. The number of Topliss-reactive ketones (excluding diaryl/α,β-unsaturated/α-hetero) is 1. The number of carbonyl (C=O) groups excluding carboxylic acids is 4. The van der Waals surface area contributed by atoms with Crippen molar-refractivity contribution in [3.63, 3.8) is 0 Å². The molecule has 7 heteroatoms. The van der Waals surface area contributed by atoms with E-state index in [-0.39, 0.29) is 37.1 Å². The highest BCUT2D eigenvalue weighted by atomic mass is 16.2. The molecule has 1 aliphatic carbocycles. The monoisotopic (exact) mass is 350 g/mol. The first-order chi connectivity index (χ1) is 11.9. The Morgan fingerprint density at radius 3 is 2.56 bits per heavy atom. The van der Waals surface area contributed by atoms with Gasteiger partial charge in [-0.05, 0) is 25.7 Å². The number of hydrogen-bond acceptors (Lipinski definition) is 4. The molecule has 0 aromatic rings. The maximum Gasteiger partial charge on any atom is 0.224 e. The van der Waals surface area contributed by atoms with Crippen molar-refractivity contribution in [1.82, 2.24) is 10.2 Å². The van der Waals surface area contributed by atoms with Gasteiger partial charge in [0.25, 0.3) is 0 Å². The lowest BCUT2D eigenvalue weighted by Crippen LogP contribution is -2.46. The van der Waals surface area contributed by atoms with Crippen LogP contribution in [-0.2, 0) is 19.2 Å². The third-order valence-electron chi connectivity index (χ3n) is 5.16. The zero-order valence-electron chi connectivity index (χ0n) is 14.8. The highest BCUT2D eigenvalue weighted by Crippen LogP contribution is 2.25. The number of carbonyl (C=O) groups is 4. The normalized spacial score (nSPS) is 23.9. The van der Waals surface area contributed by atoms with Gasteiger partial charge in [0.1, 0.15) is 0 Å². The standard InChI is InChI=1S/C18H28N3O4/c1-12(18(19)25)7-9-16(23)20-14-8-10-17(24)21(11-15(14)22)13-5-3-2-4-6-13/h9,12-14H,2-8,10-11H2,1H3,(H2,19,25)(H,20,23)/t12-,14-/m0/s1. The van der Waals surface area contributed by atoms with Crippen LogP contribution in [0.4, 0.5) is 0 Å². The van der Waals surface area contributed by atoms with Gasteiger partial charge < -0.3 is 16.0 Å². The summed E-state index contributed by atoms with van der Waals surface area (Å²) in [4.78, 5) is 49.6. The van der Waals surface area contributed by atoms with Crippen LogP contribution in [0, 0.1) is 12.3 Å². The molecule has 1 aliphatic heterocycles. The van der Waals surface area contributed by atoms with Crippen LogP contribution in [0.5, 0.6) is 0 Å². The number of nitrogens with one attached hydrogen (secondary N) is 1. The summed E-state index contributed by atoms with van der Waals surface area (Å²) >= 11 is 0. The Bertz CT molecular complexity index is 528. The van der Waals surface area contributed by atoms with E-state index in [1.54, 1.807) is 11.8 Å². The van der Waals surface area contributed by atoms with E-state index in [0.29, 0.717) is 6.42 Å². The maximum atomic E-state index is 12.5. The summed E-state index contributed by atoms with van der Waals surface area (Å²) in [7, 11) is 0. The van der Waals surface area contributed by atoms with Crippen molar-refractivity contribution in [2.24, 2.45) is 11.7 Å². The molecule has 7 nitrogen and oxygen atoms in total. The Labute approximate surface area is 148 Å². The Balaban J connectivity index is 1.88. The molecule has 2 aliphatic rings. The van der Waals surface area contributed by atoms with E-state index in [0.717, 1.165) is 25.7 Å². The first-order valence-electron chi connectivity index (χ1n) is 9.13. The van der Waals surface area contributed by atoms with Crippen molar-refractivity contribution in [3.05, 3.63) is 6.42 Å². The summed E-state index contributed by atoms with van der Waals surface area (Å²) in [5.74, 6) is -1.42. The Morgan fingerprint density at radius 1 is 1.24 bits per heavy atom. The Kier molecular flexibility index (Phi) is 6.96. The number of nitrogens with two attached hydrogens (primary N) is 1. The number of hydrogen-bond donors (Lipinski definition) is 2. The third-order valence-corrected chi connectivity index (χ3v) is 5.16. The van der Waals surface area contributed by atoms with Gasteiger partial charge in [0.2, 0.25) is 17.7 Å². The number of nitrogens with zero attached hydrogens (tertiary/aromatic N) is 1. The van der Waals surface area contributed by atoms with Gasteiger partial charge in [0.15, 0.2) is 5.78 Å². The van der Waals surface area contributed by atoms with Crippen LogP contribution in [-0.4, -0.2) is 47.0 Å². The number of likely N-dealkylation sites (tertiary alicyclic amines) is 1. The van der Waals surface area contributed by atoms with Crippen molar-refractivity contribution < 1.29 is 19.2 Å². The zero-order valence-corrected chi connectivity index (χ0v) is 14.8. The second kappa shape index (κ2) is 8.97. The van der Waals surface area contributed by atoms with E-state index in [9.17, 15) is 19.2 Å². The summed E-state index contributed by atoms with van der Waals surface area (Å²) in [6, 6.07) is -0.493. The first-order valence-corrected chi connectivity index (χ1v) is 9.13. The minimum atomic E-state index is -0.648. The second-order valence-electron chi connectivity index (χ2n) is 7.12.